The van der Waals surface area contributed by atoms with Crippen LogP contribution in [0.3, 0.4) is 0 Å². The average molecular weight is 310 g/mol. The second-order valence-electron chi connectivity index (χ2n) is 5.93. The average Bonchev–Trinajstić information content (AvgIpc) is 2.43. The molecule has 3 N–H and O–H groups in total. The Morgan fingerprint density at radius 2 is 2.33 bits per heavy atom. The third-order valence-corrected chi connectivity index (χ3v) is 4.14. The normalized spacial score (nSPS) is 19.4. The first-order valence-electron chi connectivity index (χ1n) is 7.62. The number of nitrogen functional groups attached to an aromatic ring is 1. The van der Waals surface area contributed by atoms with Crippen LogP contribution in [0.15, 0.2) is 18.2 Å². The summed E-state index contributed by atoms with van der Waals surface area (Å²) in [6.07, 6.45) is 3.98. The number of carbonyl (C=O) groups is 1. The molecular formula is C16H24ClN3O. The first kappa shape index (κ1) is 16.1. The van der Waals surface area contributed by atoms with E-state index < -0.39 is 0 Å². The lowest BCUT2D eigenvalue weighted by Gasteiger charge is -2.30. The zero-order valence-electron chi connectivity index (χ0n) is 12.6. The lowest BCUT2D eigenvalue weighted by molar-refractivity contribution is -0.116. The number of amides is 1. The van der Waals surface area contributed by atoms with Gasteiger partial charge in [-0.05, 0) is 56.5 Å². The molecule has 1 aromatic rings. The molecule has 0 spiro atoms. The summed E-state index contributed by atoms with van der Waals surface area (Å²) in [7, 11) is 0. The molecule has 5 heteroatoms. The maximum Gasteiger partial charge on any atom is 0.224 e. The summed E-state index contributed by atoms with van der Waals surface area (Å²) in [5, 5.41) is 3.40. The zero-order valence-corrected chi connectivity index (χ0v) is 13.3. The third-order valence-electron chi connectivity index (χ3n) is 3.91. The van der Waals surface area contributed by atoms with Gasteiger partial charge in [0.15, 0.2) is 0 Å². The van der Waals surface area contributed by atoms with Crippen molar-refractivity contribution < 1.29 is 4.79 Å². The first-order valence-corrected chi connectivity index (χ1v) is 7.99. The molecule has 0 aliphatic carbocycles. The topological polar surface area (TPSA) is 58.4 Å². The number of halogens is 1. The molecular weight excluding hydrogens is 286 g/mol. The summed E-state index contributed by atoms with van der Waals surface area (Å²) in [4.78, 5) is 14.4. The van der Waals surface area contributed by atoms with E-state index in [0.717, 1.165) is 32.0 Å². The van der Waals surface area contributed by atoms with Gasteiger partial charge in [-0.15, -0.1) is 0 Å². The highest BCUT2D eigenvalue weighted by atomic mass is 35.5. The summed E-state index contributed by atoms with van der Waals surface area (Å²) in [6, 6.07) is 5.10. The highest BCUT2D eigenvalue weighted by Crippen LogP contribution is 2.23. The van der Waals surface area contributed by atoms with E-state index in [1.807, 2.05) is 0 Å². The Morgan fingerprint density at radius 1 is 1.52 bits per heavy atom. The van der Waals surface area contributed by atoms with Crippen LogP contribution >= 0.6 is 11.6 Å². The van der Waals surface area contributed by atoms with Crippen LogP contribution in [0, 0.1) is 5.92 Å². The largest absolute Gasteiger partial charge is 0.397 e. The SMILES string of the molecule is CC1CCCN(CCCC(=O)Nc2cc(Cl)ccc2N)C1. The monoisotopic (exact) mass is 309 g/mol. The molecule has 1 aromatic carbocycles. The fourth-order valence-electron chi connectivity index (χ4n) is 2.80. The first-order chi connectivity index (χ1) is 10.0. The summed E-state index contributed by atoms with van der Waals surface area (Å²) in [6.45, 7) is 5.60. The number of piperidine rings is 1. The molecule has 1 amide bonds. The maximum atomic E-state index is 12.0. The third kappa shape index (κ3) is 5.21. The predicted octanol–water partition coefficient (Wildman–Crippen LogP) is 3.37. The van der Waals surface area contributed by atoms with Gasteiger partial charge in [0.1, 0.15) is 0 Å². The van der Waals surface area contributed by atoms with Crippen molar-refractivity contribution in [3.8, 4) is 0 Å². The van der Waals surface area contributed by atoms with Gasteiger partial charge in [-0.25, -0.2) is 0 Å². The van der Waals surface area contributed by atoms with E-state index in [9.17, 15) is 4.79 Å². The number of nitrogens with zero attached hydrogens (tertiary/aromatic N) is 1. The van der Waals surface area contributed by atoms with Gasteiger partial charge in [0.25, 0.3) is 0 Å². The van der Waals surface area contributed by atoms with Gasteiger partial charge in [0.05, 0.1) is 11.4 Å². The Morgan fingerprint density at radius 3 is 3.10 bits per heavy atom. The predicted molar refractivity (Wildman–Crippen MR) is 88.6 cm³/mol. The number of benzene rings is 1. The van der Waals surface area contributed by atoms with Crippen molar-refractivity contribution in [3.63, 3.8) is 0 Å². The van der Waals surface area contributed by atoms with E-state index in [4.69, 9.17) is 17.3 Å². The van der Waals surface area contributed by atoms with Crippen LogP contribution in [0.2, 0.25) is 5.02 Å². The molecule has 0 bridgehead atoms. The van der Waals surface area contributed by atoms with Crippen LogP contribution in [0.25, 0.3) is 0 Å². The Balaban J connectivity index is 1.73. The van der Waals surface area contributed by atoms with Crippen molar-refractivity contribution >= 4 is 28.9 Å². The Kier molecular flexibility index (Phi) is 5.88. The highest BCUT2D eigenvalue weighted by molar-refractivity contribution is 6.31. The van der Waals surface area contributed by atoms with E-state index in [1.54, 1.807) is 18.2 Å². The van der Waals surface area contributed by atoms with Gasteiger partial charge in [0.2, 0.25) is 5.91 Å². The van der Waals surface area contributed by atoms with Crippen molar-refractivity contribution in [2.75, 3.05) is 30.7 Å². The summed E-state index contributed by atoms with van der Waals surface area (Å²) >= 11 is 5.91. The molecule has 1 fully saturated rings. The summed E-state index contributed by atoms with van der Waals surface area (Å²) < 4.78 is 0. The van der Waals surface area contributed by atoms with Crippen LogP contribution in [0.4, 0.5) is 11.4 Å². The Labute approximate surface area is 131 Å². The number of likely N-dealkylation sites (tertiary alicyclic amines) is 1. The Hall–Kier alpha value is -1.26. The minimum atomic E-state index is -0.00553. The molecule has 1 aliphatic rings. The second kappa shape index (κ2) is 7.66. The van der Waals surface area contributed by atoms with Gasteiger partial charge in [0, 0.05) is 18.0 Å². The molecule has 2 rings (SSSR count). The van der Waals surface area contributed by atoms with Crippen molar-refractivity contribution in [3.05, 3.63) is 23.2 Å². The lowest BCUT2D eigenvalue weighted by atomic mass is 10.0. The molecule has 116 valence electrons. The van der Waals surface area contributed by atoms with E-state index in [-0.39, 0.29) is 5.91 Å². The molecule has 1 saturated heterocycles. The number of anilines is 2. The molecule has 4 nitrogen and oxygen atoms in total. The number of nitrogens with one attached hydrogen (secondary N) is 1. The Bertz CT molecular complexity index is 492. The van der Waals surface area contributed by atoms with Crippen molar-refractivity contribution in [2.45, 2.75) is 32.6 Å². The van der Waals surface area contributed by atoms with E-state index in [2.05, 4.69) is 17.1 Å². The van der Waals surface area contributed by atoms with Crippen LogP contribution in [-0.4, -0.2) is 30.4 Å². The molecule has 1 heterocycles. The van der Waals surface area contributed by atoms with Crippen LogP contribution in [-0.2, 0) is 4.79 Å². The minimum Gasteiger partial charge on any atom is -0.397 e. The van der Waals surface area contributed by atoms with Gasteiger partial charge < -0.3 is 16.0 Å². The quantitative estimate of drug-likeness (QED) is 0.820. The number of nitrogens with two attached hydrogens (primary N) is 1. The maximum absolute atomic E-state index is 12.0. The molecule has 0 saturated carbocycles. The van der Waals surface area contributed by atoms with Crippen LogP contribution in [0.1, 0.15) is 32.6 Å². The fourth-order valence-corrected chi connectivity index (χ4v) is 2.97. The van der Waals surface area contributed by atoms with E-state index in [1.165, 1.54) is 12.8 Å². The molecule has 1 atom stereocenters. The van der Waals surface area contributed by atoms with Crippen molar-refractivity contribution in [2.24, 2.45) is 5.92 Å². The van der Waals surface area contributed by atoms with Gasteiger partial charge in [-0.2, -0.15) is 0 Å². The lowest BCUT2D eigenvalue weighted by Crippen LogP contribution is -2.35. The summed E-state index contributed by atoms with van der Waals surface area (Å²) in [5.74, 6) is 0.771. The number of hydrogen-bond donors (Lipinski definition) is 2. The fraction of sp³-hybridized carbons (Fsp3) is 0.562. The molecule has 21 heavy (non-hydrogen) atoms. The van der Waals surface area contributed by atoms with Gasteiger partial charge >= 0.3 is 0 Å². The molecule has 1 aliphatic heterocycles. The molecule has 0 aromatic heterocycles. The second-order valence-corrected chi connectivity index (χ2v) is 6.37. The van der Waals surface area contributed by atoms with Crippen LogP contribution in [0.5, 0.6) is 0 Å². The van der Waals surface area contributed by atoms with E-state index >= 15 is 0 Å². The molecule has 0 radical (unpaired) electrons. The number of rotatable bonds is 5. The smallest absolute Gasteiger partial charge is 0.224 e. The van der Waals surface area contributed by atoms with E-state index in [0.29, 0.717) is 22.8 Å². The van der Waals surface area contributed by atoms with Crippen molar-refractivity contribution in [1.29, 1.82) is 0 Å². The highest BCUT2D eigenvalue weighted by Gasteiger charge is 2.16. The molecule has 1 unspecified atom stereocenters. The minimum absolute atomic E-state index is 0.00553. The van der Waals surface area contributed by atoms with Crippen LogP contribution < -0.4 is 11.1 Å². The number of carbonyl (C=O) groups excluding carboxylic acids is 1. The van der Waals surface area contributed by atoms with Gasteiger partial charge in [-0.3, -0.25) is 4.79 Å². The zero-order chi connectivity index (χ0) is 15.2. The standard InChI is InChI=1S/C16H24ClN3O/c1-12-4-2-8-20(11-12)9-3-5-16(21)19-15-10-13(17)6-7-14(15)18/h6-7,10,12H,2-5,8-9,11,18H2,1H3,(H,19,21). The summed E-state index contributed by atoms with van der Waals surface area (Å²) in [5.41, 5.74) is 6.95. The van der Waals surface area contributed by atoms with Gasteiger partial charge in [-0.1, -0.05) is 18.5 Å². The van der Waals surface area contributed by atoms with Crippen molar-refractivity contribution in [1.82, 2.24) is 4.90 Å². The number of hydrogen-bond acceptors (Lipinski definition) is 3.